The summed E-state index contributed by atoms with van der Waals surface area (Å²) in [6.07, 6.45) is 2.65. The van der Waals surface area contributed by atoms with Gasteiger partial charge in [-0.1, -0.05) is 25.8 Å². The molecule has 2 fully saturated rings. The lowest BCUT2D eigenvalue weighted by molar-refractivity contribution is -0.182. The zero-order valence-corrected chi connectivity index (χ0v) is 15.6. The molecule has 3 atom stereocenters. The van der Waals surface area contributed by atoms with Gasteiger partial charge < -0.3 is 9.47 Å². The van der Waals surface area contributed by atoms with Gasteiger partial charge in [-0.05, 0) is 11.3 Å². The maximum absolute atomic E-state index is 12.3. The van der Waals surface area contributed by atoms with Crippen LogP contribution in [0.15, 0.2) is 12.2 Å². The molecule has 1 aliphatic carbocycles. The van der Waals surface area contributed by atoms with Gasteiger partial charge in [0.05, 0.1) is 12.5 Å². The largest absolute Gasteiger partial charge is 0.463 e. The van der Waals surface area contributed by atoms with Crippen LogP contribution in [0.25, 0.3) is 0 Å². The van der Waals surface area contributed by atoms with E-state index in [2.05, 4.69) is 16.0 Å². The standard InChI is InChI=1S/C18H19F3N2O6/c1-4-7-23-11(14(25)22-16(23)27)8-28-15(26)13-10(17(13,2)3)5-6-12(24)29-9-18(19,20)21/h1,5-6,10-11,13H,7-9H2,2-3H3,(H,22,25,27)/b6-5-/t10-,11?,13-/m0/s1. The van der Waals surface area contributed by atoms with E-state index in [9.17, 15) is 32.3 Å². The Bertz CT molecular complexity index is 783. The van der Waals surface area contributed by atoms with Crippen molar-refractivity contribution in [2.45, 2.75) is 26.1 Å². The third kappa shape index (κ3) is 5.28. The number of alkyl halides is 3. The summed E-state index contributed by atoms with van der Waals surface area (Å²) in [5.74, 6) is -1.39. The molecule has 0 spiro atoms. The van der Waals surface area contributed by atoms with Crippen LogP contribution in [0.3, 0.4) is 0 Å². The Kier molecular flexibility index (Phi) is 6.25. The van der Waals surface area contributed by atoms with Crippen LogP contribution in [-0.4, -0.2) is 60.8 Å². The topological polar surface area (TPSA) is 102 Å². The number of carbonyl (C=O) groups excluding carboxylic acids is 4. The second-order valence-electron chi connectivity index (χ2n) is 7.18. The smallest absolute Gasteiger partial charge is 0.422 e. The first-order valence-corrected chi connectivity index (χ1v) is 8.51. The van der Waals surface area contributed by atoms with Gasteiger partial charge >= 0.3 is 24.1 Å². The molecule has 2 aliphatic rings. The molecule has 29 heavy (non-hydrogen) atoms. The molecule has 0 aromatic heterocycles. The van der Waals surface area contributed by atoms with Gasteiger partial charge in [0.1, 0.15) is 12.6 Å². The Morgan fingerprint density at radius 3 is 2.55 bits per heavy atom. The SMILES string of the molecule is C#CCN1C(=O)NC(=O)C1COC(=O)[C@@H]1[C@H](/C=C\C(=O)OCC(F)(F)F)C1(C)C. The highest BCUT2D eigenvalue weighted by Crippen LogP contribution is 2.59. The number of imide groups is 1. The molecule has 0 aromatic carbocycles. The quantitative estimate of drug-likeness (QED) is 0.288. The predicted octanol–water partition coefficient (Wildman–Crippen LogP) is 1.02. The fourth-order valence-corrected chi connectivity index (χ4v) is 3.11. The van der Waals surface area contributed by atoms with E-state index < -0.39 is 66.6 Å². The van der Waals surface area contributed by atoms with Gasteiger partial charge in [-0.25, -0.2) is 9.59 Å². The lowest BCUT2D eigenvalue weighted by Gasteiger charge is -2.19. The molecule has 3 amide bonds. The lowest BCUT2D eigenvalue weighted by atomic mass is 10.1. The molecule has 2 rings (SSSR count). The molecule has 1 aliphatic heterocycles. The third-order valence-electron chi connectivity index (χ3n) is 4.80. The van der Waals surface area contributed by atoms with Gasteiger partial charge in [0.25, 0.3) is 5.91 Å². The van der Waals surface area contributed by atoms with E-state index in [0.29, 0.717) is 0 Å². The molecule has 0 radical (unpaired) electrons. The normalized spacial score (nSPS) is 25.5. The predicted molar refractivity (Wildman–Crippen MR) is 90.7 cm³/mol. The van der Waals surface area contributed by atoms with Crippen molar-refractivity contribution in [1.82, 2.24) is 10.2 Å². The van der Waals surface area contributed by atoms with Crippen molar-refractivity contribution >= 4 is 23.9 Å². The van der Waals surface area contributed by atoms with Crippen molar-refractivity contribution in [3.05, 3.63) is 12.2 Å². The molecular formula is C18H19F3N2O6. The summed E-state index contributed by atoms with van der Waals surface area (Å²) < 4.78 is 45.3. The maximum atomic E-state index is 12.3. The van der Waals surface area contributed by atoms with Crippen LogP contribution in [0, 0.1) is 29.6 Å². The highest BCUT2D eigenvalue weighted by atomic mass is 19.4. The minimum absolute atomic E-state index is 0.139. The molecule has 1 N–H and O–H groups in total. The Balaban J connectivity index is 1.90. The molecule has 1 heterocycles. The number of ether oxygens (including phenoxy) is 2. The Labute approximate surface area is 164 Å². The summed E-state index contributed by atoms with van der Waals surface area (Å²) in [5, 5.41) is 2.07. The van der Waals surface area contributed by atoms with Crippen LogP contribution in [0.2, 0.25) is 0 Å². The van der Waals surface area contributed by atoms with Gasteiger partial charge in [0.2, 0.25) is 0 Å². The average molecular weight is 416 g/mol. The number of terminal acetylenes is 1. The molecule has 0 aromatic rings. The van der Waals surface area contributed by atoms with Crippen molar-refractivity contribution in [2.24, 2.45) is 17.3 Å². The molecule has 0 bridgehead atoms. The number of esters is 2. The monoisotopic (exact) mass is 416 g/mol. The summed E-state index contributed by atoms with van der Waals surface area (Å²) in [6, 6.07) is -1.73. The number of nitrogens with zero attached hydrogens (tertiary/aromatic N) is 1. The fraction of sp³-hybridized carbons (Fsp3) is 0.556. The summed E-state index contributed by atoms with van der Waals surface area (Å²) in [5.41, 5.74) is -0.607. The Hall–Kier alpha value is -3.03. The van der Waals surface area contributed by atoms with Crippen LogP contribution in [-0.2, 0) is 23.9 Å². The number of nitrogens with one attached hydrogen (secondary N) is 1. The molecule has 1 saturated carbocycles. The molecule has 8 nitrogen and oxygen atoms in total. The summed E-state index contributed by atoms with van der Waals surface area (Å²) in [7, 11) is 0. The van der Waals surface area contributed by atoms with Crippen molar-refractivity contribution < 1.29 is 41.8 Å². The first-order chi connectivity index (χ1) is 13.4. The van der Waals surface area contributed by atoms with E-state index in [0.717, 1.165) is 11.0 Å². The second-order valence-corrected chi connectivity index (χ2v) is 7.18. The van der Waals surface area contributed by atoms with Crippen molar-refractivity contribution in [2.75, 3.05) is 19.8 Å². The molecule has 11 heteroatoms. The number of hydrogen-bond donors (Lipinski definition) is 1. The highest BCUT2D eigenvalue weighted by molar-refractivity contribution is 6.04. The zero-order chi connectivity index (χ0) is 22.0. The number of hydrogen-bond acceptors (Lipinski definition) is 6. The van der Waals surface area contributed by atoms with Crippen LogP contribution in [0.1, 0.15) is 13.8 Å². The molecule has 1 unspecified atom stereocenters. The summed E-state index contributed by atoms with van der Waals surface area (Å²) >= 11 is 0. The van der Waals surface area contributed by atoms with E-state index in [1.165, 1.54) is 6.08 Å². The number of allylic oxidation sites excluding steroid dienone is 1. The minimum atomic E-state index is -4.63. The maximum Gasteiger partial charge on any atom is 0.422 e. The number of urea groups is 1. The number of rotatable bonds is 7. The highest BCUT2D eigenvalue weighted by Gasteiger charge is 2.61. The number of halogens is 3. The van der Waals surface area contributed by atoms with Crippen LogP contribution in [0.4, 0.5) is 18.0 Å². The third-order valence-corrected chi connectivity index (χ3v) is 4.80. The number of carbonyl (C=O) groups is 4. The Morgan fingerprint density at radius 2 is 1.97 bits per heavy atom. The van der Waals surface area contributed by atoms with Crippen molar-refractivity contribution in [1.29, 1.82) is 0 Å². The van der Waals surface area contributed by atoms with E-state index in [1.807, 2.05) is 0 Å². The van der Waals surface area contributed by atoms with Crippen molar-refractivity contribution in [3.63, 3.8) is 0 Å². The van der Waals surface area contributed by atoms with Crippen LogP contribution >= 0.6 is 0 Å². The molecular weight excluding hydrogens is 397 g/mol. The molecule has 1 saturated heterocycles. The van der Waals surface area contributed by atoms with Gasteiger partial charge in [0, 0.05) is 6.08 Å². The Morgan fingerprint density at radius 1 is 1.31 bits per heavy atom. The second kappa shape index (κ2) is 8.14. The summed E-state index contributed by atoms with van der Waals surface area (Å²) in [4.78, 5) is 48.2. The van der Waals surface area contributed by atoms with E-state index in [1.54, 1.807) is 13.8 Å². The van der Waals surface area contributed by atoms with Gasteiger partial charge in [-0.2, -0.15) is 13.2 Å². The number of amides is 3. The lowest BCUT2D eigenvalue weighted by Crippen LogP contribution is -2.39. The van der Waals surface area contributed by atoms with Crippen LogP contribution in [0.5, 0.6) is 0 Å². The zero-order valence-electron chi connectivity index (χ0n) is 15.6. The van der Waals surface area contributed by atoms with Crippen molar-refractivity contribution in [3.8, 4) is 12.3 Å². The van der Waals surface area contributed by atoms with Gasteiger partial charge in [-0.3, -0.25) is 19.8 Å². The summed E-state index contributed by atoms with van der Waals surface area (Å²) in [6.45, 7) is 1.19. The molecule has 158 valence electrons. The van der Waals surface area contributed by atoms with E-state index in [-0.39, 0.29) is 6.54 Å². The minimum Gasteiger partial charge on any atom is -0.463 e. The first kappa shape index (κ1) is 22.3. The van der Waals surface area contributed by atoms with Crippen LogP contribution < -0.4 is 5.32 Å². The van der Waals surface area contributed by atoms with E-state index in [4.69, 9.17) is 11.2 Å². The fourth-order valence-electron chi connectivity index (χ4n) is 3.11. The van der Waals surface area contributed by atoms with Gasteiger partial charge in [0.15, 0.2) is 6.61 Å². The first-order valence-electron chi connectivity index (χ1n) is 8.51. The average Bonchev–Trinajstić information content (AvgIpc) is 3.05. The van der Waals surface area contributed by atoms with Gasteiger partial charge in [-0.15, -0.1) is 6.42 Å². The van der Waals surface area contributed by atoms with E-state index >= 15 is 0 Å².